The zero-order chi connectivity index (χ0) is 16.8. The fourth-order valence-corrected chi connectivity index (χ4v) is 2.23. The summed E-state index contributed by atoms with van der Waals surface area (Å²) in [7, 11) is 0. The maximum absolute atomic E-state index is 12.9. The summed E-state index contributed by atoms with van der Waals surface area (Å²) in [5.74, 6) is -1.65. The SMILES string of the molecule is CC[C@H](NC(=O)Cc1ccc(-c2ccc(F)cc2)cc1)C(=O)O. The molecule has 0 radical (unpaired) electrons. The van der Waals surface area contributed by atoms with Crippen LogP contribution in [0.5, 0.6) is 0 Å². The maximum atomic E-state index is 12.9. The summed E-state index contributed by atoms with van der Waals surface area (Å²) >= 11 is 0. The monoisotopic (exact) mass is 315 g/mol. The second kappa shape index (κ2) is 7.54. The minimum atomic E-state index is -1.03. The number of amides is 1. The van der Waals surface area contributed by atoms with E-state index in [1.165, 1.54) is 12.1 Å². The van der Waals surface area contributed by atoms with E-state index in [4.69, 9.17) is 5.11 Å². The molecule has 0 aliphatic heterocycles. The molecule has 1 amide bonds. The van der Waals surface area contributed by atoms with E-state index in [0.717, 1.165) is 16.7 Å². The molecule has 120 valence electrons. The van der Waals surface area contributed by atoms with Crippen LogP contribution < -0.4 is 5.32 Å². The molecule has 1 atom stereocenters. The Labute approximate surface area is 134 Å². The molecule has 2 N–H and O–H groups in total. The van der Waals surface area contributed by atoms with Gasteiger partial charge in [-0.1, -0.05) is 43.3 Å². The van der Waals surface area contributed by atoms with Crippen LogP contribution in [0.3, 0.4) is 0 Å². The van der Waals surface area contributed by atoms with Crippen LogP contribution in [0.4, 0.5) is 4.39 Å². The van der Waals surface area contributed by atoms with Gasteiger partial charge in [0.1, 0.15) is 11.9 Å². The van der Waals surface area contributed by atoms with E-state index < -0.39 is 12.0 Å². The maximum Gasteiger partial charge on any atom is 0.326 e. The Morgan fingerprint density at radius 2 is 1.57 bits per heavy atom. The van der Waals surface area contributed by atoms with Gasteiger partial charge < -0.3 is 10.4 Å². The first kappa shape index (κ1) is 16.7. The Kier molecular flexibility index (Phi) is 5.46. The smallest absolute Gasteiger partial charge is 0.326 e. The van der Waals surface area contributed by atoms with Gasteiger partial charge in [-0.05, 0) is 35.2 Å². The fraction of sp³-hybridized carbons (Fsp3) is 0.222. The van der Waals surface area contributed by atoms with Crippen LogP contribution in [0.25, 0.3) is 11.1 Å². The summed E-state index contributed by atoms with van der Waals surface area (Å²) in [6, 6.07) is 12.6. The highest BCUT2D eigenvalue weighted by molar-refractivity contribution is 5.84. The highest BCUT2D eigenvalue weighted by Gasteiger charge is 2.17. The van der Waals surface area contributed by atoms with Gasteiger partial charge >= 0.3 is 5.97 Å². The molecule has 4 nitrogen and oxygen atoms in total. The lowest BCUT2D eigenvalue weighted by Crippen LogP contribution is -2.40. The van der Waals surface area contributed by atoms with Crippen molar-refractivity contribution in [1.82, 2.24) is 5.32 Å². The molecular weight excluding hydrogens is 297 g/mol. The number of halogens is 1. The van der Waals surface area contributed by atoms with Crippen LogP contribution in [0, 0.1) is 5.82 Å². The van der Waals surface area contributed by atoms with Crippen LogP contribution >= 0.6 is 0 Å². The lowest BCUT2D eigenvalue weighted by molar-refractivity contribution is -0.141. The van der Waals surface area contributed by atoms with Crippen LogP contribution in [-0.2, 0) is 16.0 Å². The minimum Gasteiger partial charge on any atom is -0.480 e. The van der Waals surface area contributed by atoms with Crippen molar-refractivity contribution < 1.29 is 19.1 Å². The number of aliphatic carboxylic acids is 1. The lowest BCUT2D eigenvalue weighted by Gasteiger charge is -2.12. The van der Waals surface area contributed by atoms with Gasteiger partial charge in [0.2, 0.25) is 5.91 Å². The van der Waals surface area contributed by atoms with E-state index in [0.29, 0.717) is 6.42 Å². The van der Waals surface area contributed by atoms with E-state index >= 15 is 0 Å². The normalized spacial score (nSPS) is 11.7. The number of benzene rings is 2. The van der Waals surface area contributed by atoms with Crippen molar-refractivity contribution in [3.63, 3.8) is 0 Å². The molecule has 0 bridgehead atoms. The van der Waals surface area contributed by atoms with Gasteiger partial charge in [0.15, 0.2) is 0 Å². The second-order valence-corrected chi connectivity index (χ2v) is 5.25. The molecule has 0 aliphatic rings. The molecule has 0 heterocycles. The molecule has 5 heteroatoms. The standard InChI is InChI=1S/C18H18FNO3/c1-2-16(18(22)23)20-17(21)11-12-3-5-13(6-4-12)14-7-9-15(19)10-8-14/h3-10,16H,2,11H2,1H3,(H,20,21)(H,22,23)/t16-/m0/s1. The van der Waals surface area contributed by atoms with Gasteiger partial charge in [-0.2, -0.15) is 0 Å². The van der Waals surface area contributed by atoms with Crippen LogP contribution in [0.1, 0.15) is 18.9 Å². The van der Waals surface area contributed by atoms with E-state index in [1.807, 2.05) is 12.1 Å². The summed E-state index contributed by atoms with van der Waals surface area (Å²) in [6.45, 7) is 1.70. The first-order valence-electron chi connectivity index (χ1n) is 7.36. The summed E-state index contributed by atoms with van der Waals surface area (Å²) < 4.78 is 12.9. The third kappa shape index (κ3) is 4.64. The van der Waals surface area contributed by atoms with Crippen molar-refractivity contribution in [2.45, 2.75) is 25.8 Å². The average molecular weight is 315 g/mol. The molecule has 23 heavy (non-hydrogen) atoms. The Bertz CT molecular complexity index is 680. The molecule has 0 spiro atoms. The van der Waals surface area contributed by atoms with Crippen LogP contribution in [0.15, 0.2) is 48.5 Å². The minimum absolute atomic E-state index is 0.119. The number of hydrogen-bond donors (Lipinski definition) is 2. The predicted octanol–water partition coefficient (Wildman–Crippen LogP) is 3.01. The summed E-state index contributed by atoms with van der Waals surface area (Å²) in [4.78, 5) is 22.8. The van der Waals surface area contributed by atoms with E-state index in [2.05, 4.69) is 5.32 Å². The van der Waals surface area contributed by atoms with Crippen molar-refractivity contribution in [1.29, 1.82) is 0 Å². The lowest BCUT2D eigenvalue weighted by atomic mass is 10.0. The topological polar surface area (TPSA) is 66.4 Å². The quantitative estimate of drug-likeness (QED) is 0.861. The third-order valence-corrected chi connectivity index (χ3v) is 3.54. The number of carboxylic acid groups (broad SMARTS) is 1. The highest BCUT2D eigenvalue weighted by Crippen LogP contribution is 2.20. The van der Waals surface area contributed by atoms with Crippen molar-refractivity contribution in [2.24, 2.45) is 0 Å². The van der Waals surface area contributed by atoms with Gasteiger partial charge in [0, 0.05) is 0 Å². The number of carbonyl (C=O) groups is 2. The molecular formula is C18H18FNO3. The molecule has 0 saturated heterocycles. The number of carboxylic acids is 1. The average Bonchev–Trinajstić information content (AvgIpc) is 2.54. The predicted molar refractivity (Wildman–Crippen MR) is 85.4 cm³/mol. The fourth-order valence-electron chi connectivity index (χ4n) is 2.23. The van der Waals surface area contributed by atoms with Gasteiger partial charge in [0.25, 0.3) is 0 Å². The molecule has 0 aliphatic carbocycles. The molecule has 0 fully saturated rings. The number of nitrogens with one attached hydrogen (secondary N) is 1. The van der Waals surface area contributed by atoms with Gasteiger partial charge in [-0.3, -0.25) is 4.79 Å². The van der Waals surface area contributed by atoms with E-state index in [9.17, 15) is 14.0 Å². The van der Waals surface area contributed by atoms with Crippen molar-refractivity contribution >= 4 is 11.9 Å². The summed E-state index contributed by atoms with van der Waals surface area (Å²) in [5.41, 5.74) is 2.60. The Morgan fingerprint density at radius 1 is 1.04 bits per heavy atom. The Morgan fingerprint density at radius 3 is 2.04 bits per heavy atom. The van der Waals surface area contributed by atoms with Crippen molar-refractivity contribution in [3.8, 4) is 11.1 Å². The van der Waals surface area contributed by atoms with Gasteiger partial charge in [-0.25, -0.2) is 9.18 Å². The van der Waals surface area contributed by atoms with Crippen LogP contribution in [-0.4, -0.2) is 23.0 Å². The third-order valence-electron chi connectivity index (χ3n) is 3.54. The van der Waals surface area contributed by atoms with Crippen LogP contribution in [0.2, 0.25) is 0 Å². The molecule has 0 aromatic heterocycles. The summed E-state index contributed by atoms with van der Waals surface area (Å²) in [5, 5.41) is 11.4. The zero-order valence-corrected chi connectivity index (χ0v) is 12.8. The first-order chi connectivity index (χ1) is 11.0. The Balaban J connectivity index is 2.01. The molecule has 0 unspecified atom stereocenters. The Hall–Kier alpha value is -2.69. The largest absolute Gasteiger partial charge is 0.480 e. The molecule has 2 aromatic rings. The zero-order valence-electron chi connectivity index (χ0n) is 12.8. The van der Waals surface area contributed by atoms with Crippen molar-refractivity contribution in [3.05, 3.63) is 59.9 Å². The first-order valence-corrected chi connectivity index (χ1v) is 7.36. The van der Waals surface area contributed by atoms with E-state index in [-0.39, 0.29) is 18.1 Å². The number of hydrogen-bond acceptors (Lipinski definition) is 2. The van der Waals surface area contributed by atoms with Gasteiger partial charge in [-0.15, -0.1) is 0 Å². The number of carbonyl (C=O) groups excluding carboxylic acids is 1. The van der Waals surface area contributed by atoms with Crippen molar-refractivity contribution in [2.75, 3.05) is 0 Å². The number of rotatable bonds is 6. The second-order valence-electron chi connectivity index (χ2n) is 5.25. The molecule has 2 rings (SSSR count). The van der Waals surface area contributed by atoms with Gasteiger partial charge in [0.05, 0.1) is 6.42 Å². The summed E-state index contributed by atoms with van der Waals surface area (Å²) in [6.07, 6.45) is 0.456. The molecule has 0 saturated carbocycles. The van der Waals surface area contributed by atoms with E-state index in [1.54, 1.807) is 31.2 Å². The highest BCUT2D eigenvalue weighted by atomic mass is 19.1. The molecule has 2 aromatic carbocycles.